The highest BCUT2D eigenvalue weighted by Crippen LogP contribution is 2.46. The Kier molecular flexibility index (Phi) is 7.20. The van der Waals surface area contributed by atoms with Gasteiger partial charge in [-0.2, -0.15) is 0 Å². The minimum atomic E-state index is -0.945. The molecule has 0 aliphatic heterocycles. The van der Waals surface area contributed by atoms with Crippen molar-refractivity contribution in [1.82, 2.24) is 5.32 Å². The van der Waals surface area contributed by atoms with Crippen LogP contribution < -0.4 is 5.32 Å². The second-order valence-electron chi connectivity index (χ2n) is 7.12. The fourth-order valence-electron chi connectivity index (χ4n) is 3.83. The first kappa shape index (κ1) is 20.1. The van der Waals surface area contributed by atoms with Crippen molar-refractivity contribution >= 4 is 11.9 Å². The zero-order valence-electron chi connectivity index (χ0n) is 16.0. The minimum absolute atomic E-state index is 0.0870. The van der Waals surface area contributed by atoms with Gasteiger partial charge < -0.3 is 15.2 Å². The number of hydrogen-bond donors (Lipinski definition) is 2. The summed E-state index contributed by atoms with van der Waals surface area (Å²) in [6.45, 7) is 0.848. The Hall–Kier alpha value is -2.66. The van der Waals surface area contributed by atoms with Gasteiger partial charge in [-0.1, -0.05) is 48.5 Å². The van der Waals surface area contributed by atoms with Crippen LogP contribution in [-0.2, 0) is 14.3 Å². The summed E-state index contributed by atoms with van der Waals surface area (Å²) in [5, 5.41) is 11.5. The van der Waals surface area contributed by atoms with E-state index in [9.17, 15) is 9.59 Å². The fraction of sp³-hybridized carbons (Fsp3) is 0.391. The van der Waals surface area contributed by atoms with Crippen LogP contribution in [0.3, 0.4) is 0 Å². The molecule has 0 bridgehead atoms. The first-order valence-electron chi connectivity index (χ1n) is 9.91. The second kappa shape index (κ2) is 10.0. The topological polar surface area (TPSA) is 75.6 Å². The quantitative estimate of drug-likeness (QED) is 0.578. The zero-order chi connectivity index (χ0) is 19.8. The summed E-state index contributed by atoms with van der Waals surface area (Å²) in [4.78, 5) is 22.6. The van der Waals surface area contributed by atoms with Crippen molar-refractivity contribution in [3.05, 3.63) is 59.7 Å². The number of unbranched alkanes of at least 4 members (excludes halogenated alkanes) is 2. The first-order valence-corrected chi connectivity index (χ1v) is 9.91. The van der Waals surface area contributed by atoms with Crippen molar-refractivity contribution in [2.24, 2.45) is 0 Å². The number of carbonyl (C=O) groups is 2. The number of rotatable bonds is 11. The number of ether oxygens (including phenoxy) is 1. The molecule has 5 heteroatoms. The number of aliphatic carboxylic acids is 1. The number of carboxylic acid groups (broad SMARTS) is 1. The minimum Gasteiger partial charge on any atom is -0.480 e. The highest BCUT2D eigenvalue weighted by atomic mass is 16.5. The molecule has 148 valence electrons. The van der Waals surface area contributed by atoms with E-state index in [0.29, 0.717) is 19.6 Å². The van der Waals surface area contributed by atoms with Crippen LogP contribution in [0, 0.1) is 0 Å². The molecule has 0 saturated carbocycles. The van der Waals surface area contributed by atoms with Crippen LogP contribution >= 0.6 is 0 Å². The molecule has 0 saturated heterocycles. The number of benzene rings is 2. The van der Waals surface area contributed by atoms with Gasteiger partial charge in [0.2, 0.25) is 5.91 Å². The SMILES string of the molecule is O=C(O)COCCCCCNC(=O)CCC1c2ccccc2-c2ccccc21. The summed E-state index contributed by atoms with van der Waals surface area (Å²) in [6, 6.07) is 16.9. The summed E-state index contributed by atoms with van der Waals surface area (Å²) in [7, 11) is 0. The molecule has 3 rings (SSSR count). The molecular weight excluding hydrogens is 354 g/mol. The molecule has 2 aromatic rings. The van der Waals surface area contributed by atoms with Crippen LogP contribution in [0.5, 0.6) is 0 Å². The monoisotopic (exact) mass is 381 g/mol. The van der Waals surface area contributed by atoms with Gasteiger partial charge in [-0.05, 0) is 47.9 Å². The highest BCUT2D eigenvalue weighted by Gasteiger charge is 2.27. The van der Waals surface area contributed by atoms with Crippen LogP contribution in [0.4, 0.5) is 0 Å². The first-order chi connectivity index (χ1) is 13.7. The average molecular weight is 381 g/mol. The van der Waals surface area contributed by atoms with E-state index >= 15 is 0 Å². The molecular formula is C23H27NO4. The van der Waals surface area contributed by atoms with E-state index in [-0.39, 0.29) is 18.4 Å². The Morgan fingerprint density at radius 3 is 2.21 bits per heavy atom. The Bertz CT molecular complexity index is 772. The molecule has 5 nitrogen and oxygen atoms in total. The van der Waals surface area contributed by atoms with Gasteiger partial charge in [0, 0.05) is 25.5 Å². The number of carbonyl (C=O) groups excluding carboxylic acids is 1. The second-order valence-corrected chi connectivity index (χ2v) is 7.12. The molecule has 0 atom stereocenters. The maximum atomic E-state index is 12.2. The summed E-state index contributed by atoms with van der Waals surface area (Å²) in [6.07, 6.45) is 3.90. The molecule has 0 radical (unpaired) electrons. The van der Waals surface area contributed by atoms with E-state index in [1.54, 1.807) is 0 Å². The lowest BCUT2D eigenvalue weighted by Crippen LogP contribution is -2.24. The number of amides is 1. The van der Waals surface area contributed by atoms with Gasteiger partial charge in [-0.25, -0.2) is 4.79 Å². The summed E-state index contributed by atoms with van der Waals surface area (Å²) in [5.41, 5.74) is 5.21. The number of carboxylic acids is 1. The zero-order valence-corrected chi connectivity index (χ0v) is 16.0. The van der Waals surface area contributed by atoms with Crippen molar-refractivity contribution in [1.29, 1.82) is 0 Å². The molecule has 0 heterocycles. The van der Waals surface area contributed by atoms with Gasteiger partial charge in [-0.3, -0.25) is 4.79 Å². The Morgan fingerprint density at radius 2 is 1.57 bits per heavy atom. The molecule has 1 aliphatic rings. The lowest BCUT2D eigenvalue weighted by atomic mass is 9.92. The molecule has 0 spiro atoms. The number of hydrogen-bond acceptors (Lipinski definition) is 3. The third-order valence-electron chi connectivity index (χ3n) is 5.14. The number of fused-ring (bicyclic) bond motifs is 3. The molecule has 2 N–H and O–H groups in total. The van der Waals surface area contributed by atoms with Gasteiger partial charge in [-0.15, -0.1) is 0 Å². The van der Waals surface area contributed by atoms with Gasteiger partial charge >= 0.3 is 5.97 Å². The Morgan fingerprint density at radius 1 is 0.929 bits per heavy atom. The van der Waals surface area contributed by atoms with E-state index in [0.717, 1.165) is 25.7 Å². The van der Waals surface area contributed by atoms with E-state index in [4.69, 9.17) is 9.84 Å². The summed E-state index contributed by atoms with van der Waals surface area (Å²) < 4.78 is 4.99. The van der Waals surface area contributed by atoms with Crippen LogP contribution in [0.2, 0.25) is 0 Å². The van der Waals surface area contributed by atoms with Crippen molar-refractivity contribution in [2.75, 3.05) is 19.8 Å². The molecule has 2 aromatic carbocycles. The maximum Gasteiger partial charge on any atom is 0.329 e. The third kappa shape index (κ3) is 5.20. The van der Waals surface area contributed by atoms with Crippen molar-refractivity contribution in [3.8, 4) is 11.1 Å². The van der Waals surface area contributed by atoms with E-state index in [2.05, 4.69) is 53.8 Å². The molecule has 1 amide bonds. The summed E-state index contributed by atoms with van der Waals surface area (Å²) >= 11 is 0. The van der Waals surface area contributed by atoms with Crippen molar-refractivity contribution < 1.29 is 19.4 Å². The Labute approximate surface area is 165 Å². The lowest BCUT2D eigenvalue weighted by Gasteiger charge is -2.13. The predicted molar refractivity (Wildman–Crippen MR) is 108 cm³/mol. The van der Waals surface area contributed by atoms with Crippen LogP contribution in [0.25, 0.3) is 11.1 Å². The van der Waals surface area contributed by atoms with Crippen LogP contribution in [0.1, 0.15) is 49.1 Å². The van der Waals surface area contributed by atoms with E-state index < -0.39 is 5.97 Å². The largest absolute Gasteiger partial charge is 0.480 e. The van der Waals surface area contributed by atoms with Crippen LogP contribution in [-0.4, -0.2) is 36.7 Å². The molecule has 28 heavy (non-hydrogen) atoms. The van der Waals surface area contributed by atoms with Gasteiger partial charge in [0.05, 0.1) is 0 Å². The average Bonchev–Trinajstić information content (AvgIpc) is 3.02. The molecule has 0 unspecified atom stereocenters. The predicted octanol–water partition coefficient (Wildman–Crippen LogP) is 3.97. The fourth-order valence-corrected chi connectivity index (χ4v) is 3.83. The number of nitrogens with one attached hydrogen (secondary N) is 1. The molecule has 1 aliphatic carbocycles. The van der Waals surface area contributed by atoms with E-state index in [1.807, 2.05) is 0 Å². The van der Waals surface area contributed by atoms with Crippen molar-refractivity contribution in [2.45, 2.75) is 38.0 Å². The molecule has 0 fully saturated rings. The lowest BCUT2D eigenvalue weighted by molar-refractivity contribution is -0.142. The summed E-state index contributed by atoms with van der Waals surface area (Å²) in [5.74, 6) is -0.576. The maximum absolute atomic E-state index is 12.2. The smallest absolute Gasteiger partial charge is 0.329 e. The van der Waals surface area contributed by atoms with Gasteiger partial charge in [0.1, 0.15) is 6.61 Å². The standard InChI is InChI=1S/C23H27NO4/c25-22(24-14-6-1-7-15-28-16-23(26)27)13-12-21-19-10-4-2-8-17(19)18-9-3-5-11-20(18)21/h2-5,8-11,21H,1,6-7,12-16H2,(H,24,25)(H,26,27). The molecule has 0 aromatic heterocycles. The van der Waals surface area contributed by atoms with Crippen LogP contribution in [0.15, 0.2) is 48.5 Å². The van der Waals surface area contributed by atoms with Crippen molar-refractivity contribution in [3.63, 3.8) is 0 Å². The Balaban J connectivity index is 1.39. The van der Waals surface area contributed by atoms with E-state index in [1.165, 1.54) is 22.3 Å². The third-order valence-corrected chi connectivity index (χ3v) is 5.14. The highest BCUT2D eigenvalue weighted by molar-refractivity contribution is 5.80. The van der Waals surface area contributed by atoms with Gasteiger partial charge in [0.25, 0.3) is 0 Å². The van der Waals surface area contributed by atoms with Gasteiger partial charge in [0.15, 0.2) is 0 Å². The normalized spacial score (nSPS) is 12.4.